The number of nitrogens with one attached hydrogen (secondary N) is 1. The Hall–Kier alpha value is -1.63. The molecule has 0 saturated heterocycles. The fraction of sp³-hybridized carbons (Fsp3) is 0.500. The van der Waals surface area contributed by atoms with Gasteiger partial charge in [-0.25, -0.2) is 9.97 Å². The Kier molecular flexibility index (Phi) is 3.86. The molecule has 0 aliphatic carbocycles. The van der Waals surface area contributed by atoms with Crippen LogP contribution in [-0.2, 0) is 0 Å². The number of anilines is 1. The fourth-order valence-corrected chi connectivity index (χ4v) is 0.982. The van der Waals surface area contributed by atoms with Crippen molar-refractivity contribution in [1.82, 2.24) is 9.97 Å². The molecule has 14 heavy (non-hydrogen) atoms. The number of hydrogen-bond acceptors (Lipinski definition) is 4. The molecule has 4 heteroatoms. The van der Waals surface area contributed by atoms with E-state index >= 15 is 0 Å². The van der Waals surface area contributed by atoms with Gasteiger partial charge in [-0.05, 0) is 12.3 Å². The van der Waals surface area contributed by atoms with Gasteiger partial charge in [0.2, 0.25) is 5.82 Å². The van der Waals surface area contributed by atoms with Gasteiger partial charge in [-0.3, -0.25) is 0 Å². The Labute approximate surface area is 84.0 Å². The number of nitrogens with zero attached hydrogens (tertiary/aromatic N) is 3. The molecule has 0 aliphatic heterocycles. The zero-order valence-corrected chi connectivity index (χ0v) is 8.49. The summed E-state index contributed by atoms with van der Waals surface area (Å²) in [6.45, 7) is 5.26. The van der Waals surface area contributed by atoms with Crippen molar-refractivity contribution in [2.24, 2.45) is 5.92 Å². The highest BCUT2D eigenvalue weighted by Gasteiger charge is 1.96. The molecule has 0 aliphatic rings. The summed E-state index contributed by atoms with van der Waals surface area (Å²) >= 11 is 0. The van der Waals surface area contributed by atoms with Crippen LogP contribution in [0, 0.1) is 17.2 Å². The van der Waals surface area contributed by atoms with E-state index in [9.17, 15) is 0 Å². The molecule has 0 fully saturated rings. The molecule has 0 unspecified atom stereocenters. The summed E-state index contributed by atoms with van der Waals surface area (Å²) in [5.41, 5.74) is 0.865. The van der Waals surface area contributed by atoms with Crippen LogP contribution in [0.2, 0.25) is 0 Å². The van der Waals surface area contributed by atoms with Gasteiger partial charge in [0.15, 0.2) is 0 Å². The van der Waals surface area contributed by atoms with Crippen molar-refractivity contribution >= 4 is 5.69 Å². The second-order valence-electron chi connectivity index (χ2n) is 3.52. The highest BCUT2D eigenvalue weighted by molar-refractivity contribution is 5.38. The first-order valence-electron chi connectivity index (χ1n) is 4.68. The van der Waals surface area contributed by atoms with Crippen LogP contribution in [0.25, 0.3) is 0 Å². The van der Waals surface area contributed by atoms with E-state index in [2.05, 4.69) is 29.1 Å². The third kappa shape index (κ3) is 3.40. The second-order valence-corrected chi connectivity index (χ2v) is 3.52. The molecule has 4 nitrogen and oxygen atoms in total. The largest absolute Gasteiger partial charge is 0.383 e. The van der Waals surface area contributed by atoms with Crippen molar-refractivity contribution < 1.29 is 0 Å². The summed E-state index contributed by atoms with van der Waals surface area (Å²) in [6.07, 6.45) is 4.37. The normalized spacial score (nSPS) is 9.86. The van der Waals surface area contributed by atoms with Gasteiger partial charge in [-0.15, -0.1) is 0 Å². The van der Waals surface area contributed by atoms with Gasteiger partial charge < -0.3 is 5.32 Å². The van der Waals surface area contributed by atoms with Crippen molar-refractivity contribution in [2.75, 3.05) is 11.9 Å². The zero-order valence-electron chi connectivity index (χ0n) is 8.49. The summed E-state index contributed by atoms with van der Waals surface area (Å²) < 4.78 is 0. The Balaban J connectivity index is 2.41. The van der Waals surface area contributed by atoms with Gasteiger partial charge in [0.25, 0.3) is 0 Å². The van der Waals surface area contributed by atoms with Gasteiger partial charge >= 0.3 is 0 Å². The van der Waals surface area contributed by atoms with Crippen molar-refractivity contribution in [3.8, 4) is 6.07 Å². The molecule has 1 aromatic rings. The van der Waals surface area contributed by atoms with Crippen LogP contribution >= 0.6 is 0 Å². The van der Waals surface area contributed by atoms with Crippen LogP contribution in [-0.4, -0.2) is 16.5 Å². The molecule has 0 atom stereocenters. The highest BCUT2D eigenvalue weighted by atomic mass is 14.9. The second kappa shape index (κ2) is 5.18. The lowest BCUT2D eigenvalue weighted by molar-refractivity contribution is 0.607. The smallest absolute Gasteiger partial charge is 0.232 e. The Bertz CT molecular complexity index is 310. The van der Waals surface area contributed by atoms with Crippen LogP contribution in [0.4, 0.5) is 5.69 Å². The minimum Gasteiger partial charge on any atom is -0.383 e. The third-order valence-electron chi connectivity index (χ3n) is 1.80. The van der Waals surface area contributed by atoms with E-state index in [4.69, 9.17) is 5.26 Å². The lowest BCUT2D eigenvalue weighted by atomic mass is 10.1. The minimum absolute atomic E-state index is 0.208. The van der Waals surface area contributed by atoms with Crippen molar-refractivity contribution in [3.63, 3.8) is 0 Å². The Morgan fingerprint density at radius 3 is 2.57 bits per heavy atom. The summed E-state index contributed by atoms with van der Waals surface area (Å²) in [5, 5.41) is 11.7. The maximum Gasteiger partial charge on any atom is 0.232 e. The Morgan fingerprint density at radius 2 is 2.07 bits per heavy atom. The summed E-state index contributed by atoms with van der Waals surface area (Å²) in [5.74, 6) is 0.890. The fourth-order valence-electron chi connectivity index (χ4n) is 0.982. The topological polar surface area (TPSA) is 61.6 Å². The summed E-state index contributed by atoms with van der Waals surface area (Å²) in [7, 11) is 0. The molecule has 0 spiro atoms. The van der Waals surface area contributed by atoms with Crippen LogP contribution < -0.4 is 5.32 Å². The number of nitriles is 1. The molecule has 74 valence electrons. The van der Waals surface area contributed by atoms with Gasteiger partial charge in [-0.2, -0.15) is 5.26 Å². The molecule has 0 amide bonds. The summed E-state index contributed by atoms with van der Waals surface area (Å²) in [4.78, 5) is 7.72. The van der Waals surface area contributed by atoms with E-state index in [0.29, 0.717) is 5.92 Å². The molecule has 1 aromatic heterocycles. The number of rotatable bonds is 4. The number of hydrogen-bond donors (Lipinski definition) is 1. The lowest BCUT2D eigenvalue weighted by Gasteiger charge is -2.06. The van der Waals surface area contributed by atoms with Crippen LogP contribution in [0.5, 0.6) is 0 Å². The predicted molar refractivity (Wildman–Crippen MR) is 54.7 cm³/mol. The van der Waals surface area contributed by atoms with Crippen LogP contribution in [0.15, 0.2) is 12.4 Å². The van der Waals surface area contributed by atoms with E-state index in [0.717, 1.165) is 18.7 Å². The van der Waals surface area contributed by atoms with E-state index in [1.54, 1.807) is 12.4 Å². The molecule has 0 aromatic carbocycles. The molecule has 0 bridgehead atoms. The summed E-state index contributed by atoms with van der Waals surface area (Å²) in [6, 6.07) is 1.88. The minimum atomic E-state index is 0.208. The first-order chi connectivity index (χ1) is 6.72. The highest BCUT2D eigenvalue weighted by Crippen LogP contribution is 2.04. The van der Waals surface area contributed by atoms with Crippen molar-refractivity contribution in [2.45, 2.75) is 20.3 Å². The van der Waals surface area contributed by atoms with Crippen LogP contribution in [0.1, 0.15) is 26.1 Å². The first-order valence-corrected chi connectivity index (χ1v) is 4.68. The molecular weight excluding hydrogens is 176 g/mol. The number of aromatic nitrogens is 2. The van der Waals surface area contributed by atoms with E-state index in [1.165, 1.54) is 0 Å². The van der Waals surface area contributed by atoms with E-state index in [-0.39, 0.29) is 5.82 Å². The standard InChI is InChI=1S/C10H14N4/c1-8(2)3-4-12-9-6-13-10(5-11)14-7-9/h6-8,12H,3-4H2,1-2H3. The maximum atomic E-state index is 8.48. The molecule has 1 heterocycles. The predicted octanol–water partition coefficient (Wildman–Crippen LogP) is 1.81. The zero-order chi connectivity index (χ0) is 10.4. The van der Waals surface area contributed by atoms with Gasteiger partial charge in [-0.1, -0.05) is 13.8 Å². The van der Waals surface area contributed by atoms with Crippen LogP contribution in [0.3, 0.4) is 0 Å². The molecule has 1 rings (SSSR count). The molecule has 0 saturated carbocycles. The monoisotopic (exact) mass is 190 g/mol. The first kappa shape index (κ1) is 10.5. The average Bonchev–Trinajstić information content (AvgIpc) is 2.18. The average molecular weight is 190 g/mol. The van der Waals surface area contributed by atoms with Crippen molar-refractivity contribution in [1.29, 1.82) is 5.26 Å². The van der Waals surface area contributed by atoms with Gasteiger partial charge in [0, 0.05) is 6.54 Å². The van der Waals surface area contributed by atoms with Gasteiger partial charge in [0.05, 0.1) is 18.1 Å². The SMILES string of the molecule is CC(C)CCNc1cnc(C#N)nc1. The maximum absolute atomic E-state index is 8.48. The van der Waals surface area contributed by atoms with Gasteiger partial charge in [0.1, 0.15) is 6.07 Å². The molecular formula is C10H14N4. The third-order valence-corrected chi connectivity index (χ3v) is 1.80. The lowest BCUT2D eigenvalue weighted by Crippen LogP contribution is -2.05. The molecule has 1 N–H and O–H groups in total. The quantitative estimate of drug-likeness (QED) is 0.786. The van der Waals surface area contributed by atoms with Crippen molar-refractivity contribution in [3.05, 3.63) is 18.2 Å². The van der Waals surface area contributed by atoms with E-state index in [1.807, 2.05) is 6.07 Å². The molecule has 0 radical (unpaired) electrons. The van der Waals surface area contributed by atoms with E-state index < -0.39 is 0 Å². The Morgan fingerprint density at radius 1 is 1.43 bits per heavy atom.